The molecule has 6 heteroatoms. The van der Waals surface area contributed by atoms with E-state index in [2.05, 4.69) is 0 Å². The highest BCUT2D eigenvalue weighted by Crippen LogP contribution is 2.17. The fourth-order valence-electron chi connectivity index (χ4n) is 2.30. The summed E-state index contributed by atoms with van der Waals surface area (Å²) in [5, 5.41) is 8.70. The largest absolute Gasteiger partial charge is 0.484 e. The number of benzene rings is 1. The van der Waals surface area contributed by atoms with Crippen molar-refractivity contribution in [2.45, 2.75) is 12.8 Å². The van der Waals surface area contributed by atoms with Crippen molar-refractivity contribution in [2.75, 3.05) is 19.7 Å². The molecule has 0 aromatic heterocycles. The number of ether oxygens (including phenoxy) is 1. The van der Waals surface area contributed by atoms with Crippen LogP contribution in [0.2, 0.25) is 0 Å². The van der Waals surface area contributed by atoms with E-state index in [1.165, 1.54) is 0 Å². The maximum Gasteiger partial charge on any atom is 0.260 e. The fraction of sp³-hybridized carbons (Fsp3) is 0.400. The van der Waals surface area contributed by atoms with Crippen LogP contribution in [0.5, 0.6) is 5.75 Å². The second-order valence-corrected chi connectivity index (χ2v) is 5.01. The smallest absolute Gasteiger partial charge is 0.260 e. The zero-order valence-corrected chi connectivity index (χ0v) is 11.6. The Hall–Kier alpha value is -2.55. The SMILES string of the molecule is N#Cc1ccc(OCC(=O)N2CCCC(C(N)=O)C2)cc1. The van der Waals surface area contributed by atoms with Gasteiger partial charge in [0, 0.05) is 13.1 Å². The van der Waals surface area contributed by atoms with Crippen LogP contribution in [0, 0.1) is 17.2 Å². The van der Waals surface area contributed by atoms with E-state index >= 15 is 0 Å². The van der Waals surface area contributed by atoms with E-state index in [0.717, 1.165) is 12.8 Å². The lowest BCUT2D eigenvalue weighted by molar-refractivity contribution is -0.136. The molecule has 1 unspecified atom stereocenters. The lowest BCUT2D eigenvalue weighted by atomic mass is 9.97. The number of amides is 2. The van der Waals surface area contributed by atoms with Crippen molar-refractivity contribution in [3.63, 3.8) is 0 Å². The normalized spacial score (nSPS) is 17.9. The molecule has 110 valence electrons. The summed E-state index contributed by atoms with van der Waals surface area (Å²) in [6.45, 7) is 0.904. The fourth-order valence-corrected chi connectivity index (χ4v) is 2.30. The van der Waals surface area contributed by atoms with Gasteiger partial charge in [0.05, 0.1) is 17.6 Å². The van der Waals surface area contributed by atoms with E-state index in [0.29, 0.717) is 24.4 Å². The molecule has 1 fully saturated rings. The Morgan fingerprint density at radius 3 is 2.71 bits per heavy atom. The maximum atomic E-state index is 12.1. The Morgan fingerprint density at radius 2 is 2.10 bits per heavy atom. The molecule has 1 aromatic rings. The van der Waals surface area contributed by atoms with Crippen LogP contribution in [-0.2, 0) is 9.59 Å². The number of hydrogen-bond acceptors (Lipinski definition) is 4. The Labute approximate surface area is 123 Å². The van der Waals surface area contributed by atoms with Gasteiger partial charge < -0.3 is 15.4 Å². The van der Waals surface area contributed by atoms with Crippen molar-refractivity contribution in [1.29, 1.82) is 5.26 Å². The number of hydrogen-bond donors (Lipinski definition) is 1. The summed E-state index contributed by atoms with van der Waals surface area (Å²) in [7, 11) is 0. The highest BCUT2D eigenvalue weighted by molar-refractivity contribution is 5.81. The molecular formula is C15H17N3O3. The van der Waals surface area contributed by atoms with Gasteiger partial charge in [-0.15, -0.1) is 0 Å². The molecular weight excluding hydrogens is 270 g/mol. The molecule has 0 radical (unpaired) electrons. The average Bonchev–Trinajstić information content (AvgIpc) is 2.53. The van der Waals surface area contributed by atoms with Crippen molar-refractivity contribution in [3.8, 4) is 11.8 Å². The first kappa shape index (κ1) is 14.9. The van der Waals surface area contributed by atoms with Gasteiger partial charge >= 0.3 is 0 Å². The second-order valence-electron chi connectivity index (χ2n) is 5.01. The zero-order valence-electron chi connectivity index (χ0n) is 11.6. The van der Waals surface area contributed by atoms with E-state index in [4.69, 9.17) is 15.7 Å². The highest BCUT2D eigenvalue weighted by Gasteiger charge is 2.26. The van der Waals surface area contributed by atoms with Gasteiger partial charge in [0.1, 0.15) is 5.75 Å². The minimum atomic E-state index is -0.361. The Morgan fingerprint density at radius 1 is 1.38 bits per heavy atom. The summed E-state index contributed by atoms with van der Waals surface area (Å²) in [6, 6.07) is 8.56. The number of carbonyl (C=O) groups is 2. The maximum absolute atomic E-state index is 12.1. The quantitative estimate of drug-likeness (QED) is 0.879. The molecule has 1 aliphatic rings. The highest BCUT2D eigenvalue weighted by atomic mass is 16.5. The topological polar surface area (TPSA) is 96.4 Å². The van der Waals surface area contributed by atoms with Gasteiger partial charge in [-0.2, -0.15) is 5.26 Å². The van der Waals surface area contributed by atoms with Crippen molar-refractivity contribution in [3.05, 3.63) is 29.8 Å². The van der Waals surface area contributed by atoms with Crippen molar-refractivity contribution in [2.24, 2.45) is 11.7 Å². The predicted molar refractivity (Wildman–Crippen MR) is 75.2 cm³/mol. The molecule has 2 rings (SSSR count). The van der Waals surface area contributed by atoms with Gasteiger partial charge in [0.2, 0.25) is 5.91 Å². The molecule has 21 heavy (non-hydrogen) atoms. The van der Waals surface area contributed by atoms with E-state index in [-0.39, 0.29) is 24.3 Å². The average molecular weight is 287 g/mol. The first-order chi connectivity index (χ1) is 10.1. The molecule has 1 atom stereocenters. The van der Waals surface area contributed by atoms with Crippen LogP contribution in [-0.4, -0.2) is 36.4 Å². The number of piperidine rings is 1. The van der Waals surface area contributed by atoms with Crippen LogP contribution in [0.1, 0.15) is 18.4 Å². The van der Waals surface area contributed by atoms with E-state index in [1.807, 2.05) is 6.07 Å². The molecule has 2 N–H and O–H groups in total. The lowest BCUT2D eigenvalue weighted by Crippen LogP contribution is -2.45. The minimum Gasteiger partial charge on any atom is -0.484 e. The summed E-state index contributed by atoms with van der Waals surface area (Å²) in [5.74, 6) is -0.255. The number of nitriles is 1. The van der Waals surface area contributed by atoms with Crippen LogP contribution in [0.3, 0.4) is 0 Å². The van der Waals surface area contributed by atoms with Crippen molar-refractivity contribution >= 4 is 11.8 Å². The monoisotopic (exact) mass is 287 g/mol. The predicted octanol–water partition coefficient (Wildman–Crippen LogP) is 0.661. The molecule has 0 aliphatic carbocycles. The molecule has 1 saturated heterocycles. The molecule has 2 amide bonds. The third-order valence-corrected chi connectivity index (χ3v) is 3.52. The van der Waals surface area contributed by atoms with Crippen LogP contribution in [0.15, 0.2) is 24.3 Å². The van der Waals surface area contributed by atoms with Crippen LogP contribution >= 0.6 is 0 Å². The number of nitrogens with zero attached hydrogens (tertiary/aromatic N) is 2. The first-order valence-electron chi connectivity index (χ1n) is 6.80. The second kappa shape index (κ2) is 6.75. The number of nitrogens with two attached hydrogens (primary N) is 1. The van der Waals surface area contributed by atoms with Gasteiger partial charge in [-0.1, -0.05) is 0 Å². The summed E-state index contributed by atoms with van der Waals surface area (Å²) >= 11 is 0. The van der Waals surface area contributed by atoms with Gasteiger partial charge in [-0.25, -0.2) is 0 Å². The minimum absolute atomic E-state index is 0.0859. The lowest BCUT2D eigenvalue weighted by Gasteiger charge is -2.31. The Balaban J connectivity index is 1.86. The summed E-state index contributed by atoms with van der Waals surface area (Å²) < 4.78 is 5.40. The van der Waals surface area contributed by atoms with Crippen LogP contribution < -0.4 is 10.5 Å². The van der Waals surface area contributed by atoms with E-state index < -0.39 is 0 Å². The molecule has 1 aromatic carbocycles. The molecule has 1 heterocycles. The van der Waals surface area contributed by atoms with Gasteiger partial charge in [-0.3, -0.25) is 9.59 Å². The third kappa shape index (κ3) is 3.96. The van der Waals surface area contributed by atoms with Gasteiger partial charge in [0.25, 0.3) is 5.91 Å². The standard InChI is InChI=1S/C15H17N3O3/c16-8-11-3-5-13(6-4-11)21-10-14(19)18-7-1-2-12(9-18)15(17)20/h3-6,12H,1-2,7,9-10H2,(H2,17,20). The summed E-state index contributed by atoms with van der Waals surface area (Å²) in [6.07, 6.45) is 1.51. The zero-order chi connectivity index (χ0) is 15.2. The number of carbonyl (C=O) groups excluding carboxylic acids is 2. The van der Waals surface area contributed by atoms with Gasteiger partial charge in [0.15, 0.2) is 6.61 Å². The van der Waals surface area contributed by atoms with E-state index in [9.17, 15) is 9.59 Å². The molecule has 0 saturated carbocycles. The molecule has 0 spiro atoms. The third-order valence-electron chi connectivity index (χ3n) is 3.52. The number of likely N-dealkylation sites (tertiary alicyclic amines) is 1. The Kier molecular flexibility index (Phi) is 4.77. The first-order valence-corrected chi connectivity index (χ1v) is 6.80. The van der Waals surface area contributed by atoms with Crippen LogP contribution in [0.25, 0.3) is 0 Å². The molecule has 6 nitrogen and oxygen atoms in total. The van der Waals surface area contributed by atoms with Gasteiger partial charge in [-0.05, 0) is 37.1 Å². The number of primary amides is 1. The van der Waals surface area contributed by atoms with Crippen LogP contribution in [0.4, 0.5) is 0 Å². The summed E-state index contributed by atoms with van der Waals surface area (Å²) in [4.78, 5) is 24.9. The molecule has 0 bridgehead atoms. The Bertz CT molecular complexity index is 563. The van der Waals surface area contributed by atoms with E-state index in [1.54, 1.807) is 29.2 Å². The summed E-state index contributed by atoms with van der Waals surface area (Å²) in [5.41, 5.74) is 5.82. The van der Waals surface area contributed by atoms with Crippen molar-refractivity contribution in [1.82, 2.24) is 4.90 Å². The number of rotatable bonds is 4. The molecule has 1 aliphatic heterocycles. The van der Waals surface area contributed by atoms with Crippen molar-refractivity contribution < 1.29 is 14.3 Å².